The smallest absolute Gasteiger partial charge is 0.114 e. The quantitative estimate of drug-likeness (QED) is 0.716. The Bertz CT molecular complexity index is 540. The SMILES string of the molecule is Cn1c(C2=NCCS2)cc2ccccc21. The molecule has 0 bridgehead atoms. The summed E-state index contributed by atoms with van der Waals surface area (Å²) in [4.78, 5) is 4.52. The Morgan fingerprint density at radius 3 is 2.93 bits per heavy atom. The zero-order valence-corrected chi connectivity index (χ0v) is 9.42. The van der Waals surface area contributed by atoms with E-state index in [0.717, 1.165) is 12.3 Å². The van der Waals surface area contributed by atoms with Crippen LogP contribution in [0.5, 0.6) is 0 Å². The standard InChI is InChI=1S/C12H12N2S/c1-14-10-5-3-2-4-9(10)8-11(14)12-13-6-7-15-12/h2-5,8H,6-7H2,1H3. The first-order chi connectivity index (χ1) is 7.36. The molecule has 0 fully saturated rings. The number of rotatable bonds is 1. The van der Waals surface area contributed by atoms with Gasteiger partial charge >= 0.3 is 0 Å². The lowest BCUT2D eigenvalue weighted by atomic mass is 10.2. The van der Waals surface area contributed by atoms with Crippen LogP contribution in [-0.2, 0) is 7.05 Å². The van der Waals surface area contributed by atoms with Crippen molar-refractivity contribution in [3.63, 3.8) is 0 Å². The van der Waals surface area contributed by atoms with E-state index in [0.29, 0.717) is 0 Å². The van der Waals surface area contributed by atoms with Crippen molar-refractivity contribution in [2.45, 2.75) is 0 Å². The van der Waals surface area contributed by atoms with Crippen molar-refractivity contribution >= 4 is 27.7 Å². The van der Waals surface area contributed by atoms with Gasteiger partial charge in [0.05, 0.1) is 5.69 Å². The third-order valence-corrected chi connectivity index (χ3v) is 3.75. The zero-order chi connectivity index (χ0) is 10.3. The fourth-order valence-corrected chi connectivity index (χ4v) is 2.89. The predicted molar refractivity (Wildman–Crippen MR) is 66.8 cm³/mol. The molecular weight excluding hydrogens is 204 g/mol. The highest BCUT2D eigenvalue weighted by Gasteiger charge is 2.14. The highest BCUT2D eigenvalue weighted by molar-refractivity contribution is 8.14. The lowest BCUT2D eigenvalue weighted by Crippen LogP contribution is -2.00. The minimum Gasteiger partial charge on any atom is -0.342 e. The van der Waals surface area contributed by atoms with E-state index in [9.17, 15) is 0 Å². The number of aryl methyl sites for hydroxylation is 1. The van der Waals surface area contributed by atoms with Crippen LogP contribution < -0.4 is 0 Å². The van der Waals surface area contributed by atoms with Crippen molar-refractivity contribution < 1.29 is 0 Å². The van der Waals surface area contributed by atoms with E-state index < -0.39 is 0 Å². The van der Waals surface area contributed by atoms with E-state index in [1.54, 1.807) is 0 Å². The molecule has 1 aromatic carbocycles. The largest absolute Gasteiger partial charge is 0.342 e. The van der Waals surface area contributed by atoms with Gasteiger partial charge in [-0.05, 0) is 12.1 Å². The summed E-state index contributed by atoms with van der Waals surface area (Å²) < 4.78 is 2.23. The Morgan fingerprint density at radius 1 is 1.33 bits per heavy atom. The first kappa shape index (κ1) is 9.04. The zero-order valence-electron chi connectivity index (χ0n) is 8.60. The third kappa shape index (κ3) is 1.38. The monoisotopic (exact) mass is 216 g/mol. The molecule has 0 saturated carbocycles. The van der Waals surface area contributed by atoms with Gasteiger partial charge in [0.1, 0.15) is 5.04 Å². The van der Waals surface area contributed by atoms with Crippen molar-refractivity contribution in [2.75, 3.05) is 12.3 Å². The maximum Gasteiger partial charge on any atom is 0.114 e. The Hall–Kier alpha value is -1.22. The summed E-state index contributed by atoms with van der Waals surface area (Å²) in [5.41, 5.74) is 2.53. The van der Waals surface area contributed by atoms with Crippen molar-refractivity contribution in [3.8, 4) is 0 Å². The van der Waals surface area contributed by atoms with Crippen LogP contribution in [0.2, 0.25) is 0 Å². The molecule has 0 N–H and O–H groups in total. The molecule has 0 unspecified atom stereocenters. The fourth-order valence-electron chi connectivity index (χ4n) is 1.98. The summed E-state index contributed by atoms with van der Waals surface area (Å²) in [5, 5.41) is 2.49. The van der Waals surface area contributed by atoms with Gasteiger partial charge in [0.15, 0.2) is 0 Å². The van der Waals surface area contributed by atoms with Crippen LogP contribution in [-0.4, -0.2) is 21.9 Å². The Labute approximate surface area is 93.0 Å². The van der Waals surface area contributed by atoms with Gasteiger partial charge in [0.25, 0.3) is 0 Å². The molecule has 3 rings (SSSR count). The molecule has 0 radical (unpaired) electrons. The van der Waals surface area contributed by atoms with Crippen LogP contribution in [0.1, 0.15) is 5.69 Å². The molecule has 0 spiro atoms. The first-order valence-corrected chi connectivity index (χ1v) is 6.07. The topological polar surface area (TPSA) is 17.3 Å². The first-order valence-electron chi connectivity index (χ1n) is 5.08. The van der Waals surface area contributed by atoms with Crippen molar-refractivity contribution in [2.24, 2.45) is 12.0 Å². The molecule has 15 heavy (non-hydrogen) atoms. The second-order valence-corrected chi connectivity index (χ2v) is 4.77. The summed E-state index contributed by atoms with van der Waals surface area (Å²) in [6.45, 7) is 0.960. The minimum atomic E-state index is 0.960. The van der Waals surface area contributed by atoms with Gasteiger partial charge in [0, 0.05) is 30.2 Å². The molecule has 0 aliphatic carbocycles. The molecule has 76 valence electrons. The van der Waals surface area contributed by atoms with Gasteiger partial charge in [-0.3, -0.25) is 4.99 Å². The minimum absolute atomic E-state index is 0.960. The second-order valence-electron chi connectivity index (χ2n) is 3.68. The van der Waals surface area contributed by atoms with Gasteiger partial charge in [-0.1, -0.05) is 18.2 Å². The van der Waals surface area contributed by atoms with E-state index in [-0.39, 0.29) is 0 Å². The van der Waals surface area contributed by atoms with Gasteiger partial charge in [-0.2, -0.15) is 0 Å². The third-order valence-electron chi connectivity index (χ3n) is 2.76. The maximum atomic E-state index is 4.52. The molecule has 1 aliphatic heterocycles. The van der Waals surface area contributed by atoms with Crippen LogP contribution in [0.4, 0.5) is 0 Å². The van der Waals surface area contributed by atoms with Crippen molar-refractivity contribution in [1.29, 1.82) is 0 Å². The molecule has 2 heterocycles. The lowest BCUT2D eigenvalue weighted by Gasteiger charge is -2.02. The second kappa shape index (κ2) is 3.42. The average Bonchev–Trinajstić information content (AvgIpc) is 2.87. The van der Waals surface area contributed by atoms with Gasteiger partial charge in [-0.15, -0.1) is 11.8 Å². The van der Waals surface area contributed by atoms with Crippen LogP contribution >= 0.6 is 11.8 Å². The average molecular weight is 216 g/mol. The van der Waals surface area contributed by atoms with Crippen molar-refractivity contribution in [3.05, 3.63) is 36.0 Å². The molecule has 2 aromatic rings. The number of aromatic nitrogens is 1. The van der Waals surface area contributed by atoms with Crippen LogP contribution in [0.3, 0.4) is 0 Å². The number of benzene rings is 1. The number of thioether (sulfide) groups is 1. The van der Waals surface area contributed by atoms with E-state index in [2.05, 4.69) is 46.9 Å². The summed E-state index contributed by atoms with van der Waals surface area (Å²) in [7, 11) is 2.11. The van der Waals surface area contributed by atoms with Crippen LogP contribution in [0, 0.1) is 0 Å². The molecular formula is C12H12N2S. The molecule has 0 amide bonds. The molecule has 0 saturated heterocycles. The Balaban J connectivity index is 2.23. The van der Waals surface area contributed by atoms with E-state index >= 15 is 0 Å². The fraction of sp³-hybridized carbons (Fsp3) is 0.250. The number of nitrogens with zero attached hydrogens (tertiary/aromatic N) is 2. The molecule has 1 aromatic heterocycles. The highest BCUT2D eigenvalue weighted by Crippen LogP contribution is 2.24. The highest BCUT2D eigenvalue weighted by atomic mass is 32.2. The summed E-state index contributed by atoms with van der Waals surface area (Å²) in [5.74, 6) is 1.12. The van der Waals surface area contributed by atoms with Gasteiger partial charge in [-0.25, -0.2) is 0 Å². The number of hydrogen-bond donors (Lipinski definition) is 0. The number of aliphatic imine (C=N–C) groups is 1. The van der Waals surface area contributed by atoms with Gasteiger partial charge in [0.2, 0.25) is 0 Å². The van der Waals surface area contributed by atoms with Crippen LogP contribution in [0.15, 0.2) is 35.3 Å². The Kier molecular flexibility index (Phi) is 2.06. The van der Waals surface area contributed by atoms with E-state index in [4.69, 9.17) is 0 Å². The summed E-state index contributed by atoms with van der Waals surface area (Å²) in [6, 6.07) is 10.7. The normalized spacial score (nSPS) is 15.9. The van der Waals surface area contributed by atoms with Gasteiger partial charge < -0.3 is 4.57 Å². The molecule has 2 nitrogen and oxygen atoms in total. The number of para-hydroxylation sites is 1. The number of hydrogen-bond acceptors (Lipinski definition) is 2. The lowest BCUT2D eigenvalue weighted by molar-refractivity contribution is 0.956. The summed E-state index contributed by atoms with van der Waals surface area (Å²) >= 11 is 1.85. The van der Waals surface area contributed by atoms with E-state index in [1.165, 1.54) is 21.6 Å². The van der Waals surface area contributed by atoms with Crippen molar-refractivity contribution in [1.82, 2.24) is 4.57 Å². The number of fused-ring (bicyclic) bond motifs is 1. The predicted octanol–water partition coefficient (Wildman–Crippen LogP) is 2.67. The van der Waals surface area contributed by atoms with E-state index in [1.807, 2.05) is 11.8 Å². The molecule has 0 atom stereocenters. The Morgan fingerprint density at radius 2 is 2.20 bits per heavy atom. The molecule has 1 aliphatic rings. The van der Waals surface area contributed by atoms with Crippen LogP contribution in [0.25, 0.3) is 10.9 Å². The molecule has 3 heteroatoms. The maximum absolute atomic E-state index is 4.52. The summed E-state index contributed by atoms with van der Waals surface area (Å²) in [6.07, 6.45) is 0.